The molecule has 0 saturated carbocycles. The number of hydrogen-bond acceptors (Lipinski definition) is 3. The van der Waals surface area contributed by atoms with Gasteiger partial charge in [0.25, 0.3) is 0 Å². The molecule has 3 nitrogen and oxygen atoms in total. The smallest absolute Gasteiger partial charge is 0.108 e. The van der Waals surface area contributed by atoms with E-state index in [0.29, 0.717) is 11.8 Å². The monoisotopic (exact) mass is 180 g/mol. The first-order valence-electron chi connectivity index (χ1n) is 4.73. The number of furan rings is 1. The average Bonchev–Trinajstić information content (AvgIpc) is 2.71. The van der Waals surface area contributed by atoms with Crippen LogP contribution in [0.25, 0.3) is 0 Å². The van der Waals surface area contributed by atoms with E-state index in [1.807, 2.05) is 12.1 Å². The van der Waals surface area contributed by atoms with Gasteiger partial charge in [-0.15, -0.1) is 0 Å². The van der Waals surface area contributed by atoms with Crippen molar-refractivity contribution in [1.29, 1.82) is 0 Å². The lowest BCUT2D eigenvalue weighted by Gasteiger charge is -2.13. The molecule has 1 aromatic heterocycles. The molecule has 0 bridgehead atoms. The van der Waals surface area contributed by atoms with Crippen molar-refractivity contribution in [2.75, 3.05) is 26.7 Å². The number of likely N-dealkylation sites (tertiary alicyclic amines) is 1. The summed E-state index contributed by atoms with van der Waals surface area (Å²) in [6.45, 7) is 2.90. The highest BCUT2D eigenvalue weighted by atomic mass is 16.3. The van der Waals surface area contributed by atoms with E-state index in [1.54, 1.807) is 6.26 Å². The van der Waals surface area contributed by atoms with Crippen molar-refractivity contribution in [2.45, 2.75) is 5.92 Å². The normalized spacial score (nSPS) is 29.7. The summed E-state index contributed by atoms with van der Waals surface area (Å²) < 4.78 is 5.42. The minimum absolute atomic E-state index is 0.491. The van der Waals surface area contributed by atoms with E-state index in [0.717, 1.165) is 25.4 Å². The Morgan fingerprint density at radius 3 is 3.08 bits per heavy atom. The van der Waals surface area contributed by atoms with Gasteiger partial charge in [0.05, 0.1) is 6.26 Å². The van der Waals surface area contributed by atoms with Gasteiger partial charge in [-0.3, -0.25) is 0 Å². The molecule has 0 unspecified atom stereocenters. The van der Waals surface area contributed by atoms with Crippen LogP contribution in [0.2, 0.25) is 0 Å². The first kappa shape index (κ1) is 8.78. The molecule has 1 aromatic rings. The van der Waals surface area contributed by atoms with Crippen molar-refractivity contribution in [1.82, 2.24) is 4.90 Å². The second kappa shape index (κ2) is 3.52. The number of rotatable bonds is 2. The Bertz CT molecular complexity index is 258. The highest BCUT2D eigenvalue weighted by Gasteiger charge is 2.32. The Hall–Kier alpha value is -0.800. The zero-order chi connectivity index (χ0) is 9.26. The summed E-state index contributed by atoms with van der Waals surface area (Å²) in [7, 11) is 2.13. The molecule has 0 spiro atoms. The van der Waals surface area contributed by atoms with Crippen LogP contribution in [0.4, 0.5) is 0 Å². The first-order valence-corrected chi connectivity index (χ1v) is 4.73. The molecular weight excluding hydrogens is 164 g/mol. The topological polar surface area (TPSA) is 42.4 Å². The van der Waals surface area contributed by atoms with Gasteiger partial charge in [-0.1, -0.05) is 0 Å². The van der Waals surface area contributed by atoms with Crippen molar-refractivity contribution >= 4 is 0 Å². The summed E-state index contributed by atoms with van der Waals surface area (Å²) in [5.41, 5.74) is 5.72. The van der Waals surface area contributed by atoms with Crippen molar-refractivity contribution in [2.24, 2.45) is 11.7 Å². The molecule has 0 aromatic carbocycles. The Balaban J connectivity index is 2.14. The molecule has 0 amide bonds. The van der Waals surface area contributed by atoms with E-state index in [4.69, 9.17) is 10.2 Å². The molecule has 1 saturated heterocycles. The van der Waals surface area contributed by atoms with Crippen LogP contribution in [0, 0.1) is 5.92 Å². The van der Waals surface area contributed by atoms with Gasteiger partial charge in [-0.05, 0) is 31.6 Å². The molecule has 2 rings (SSSR count). The van der Waals surface area contributed by atoms with Crippen LogP contribution in [0.3, 0.4) is 0 Å². The summed E-state index contributed by atoms with van der Waals surface area (Å²) in [4.78, 5) is 2.31. The van der Waals surface area contributed by atoms with E-state index in [1.165, 1.54) is 0 Å². The maximum atomic E-state index is 5.72. The molecule has 72 valence electrons. The molecule has 1 aliphatic heterocycles. The third-order valence-corrected chi connectivity index (χ3v) is 2.83. The zero-order valence-corrected chi connectivity index (χ0v) is 7.94. The average molecular weight is 180 g/mol. The van der Waals surface area contributed by atoms with Gasteiger partial charge < -0.3 is 15.1 Å². The fraction of sp³-hybridized carbons (Fsp3) is 0.600. The second-order valence-corrected chi connectivity index (χ2v) is 3.84. The zero-order valence-electron chi connectivity index (χ0n) is 7.94. The summed E-state index contributed by atoms with van der Waals surface area (Å²) in [6, 6.07) is 3.99. The Labute approximate surface area is 78.5 Å². The van der Waals surface area contributed by atoms with Crippen LogP contribution in [0.5, 0.6) is 0 Å². The van der Waals surface area contributed by atoms with Crippen LogP contribution in [0.1, 0.15) is 11.7 Å². The molecule has 1 aliphatic rings. The molecule has 2 N–H and O–H groups in total. The predicted octanol–water partition coefficient (Wildman–Crippen LogP) is 0.883. The van der Waals surface area contributed by atoms with Crippen LogP contribution in [-0.4, -0.2) is 31.6 Å². The van der Waals surface area contributed by atoms with E-state index in [9.17, 15) is 0 Å². The maximum Gasteiger partial charge on any atom is 0.108 e. The Morgan fingerprint density at radius 1 is 1.62 bits per heavy atom. The number of hydrogen-bond donors (Lipinski definition) is 1. The minimum atomic E-state index is 0.491. The molecule has 2 atom stereocenters. The first-order chi connectivity index (χ1) is 6.31. The summed E-state index contributed by atoms with van der Waals surface area (Å²) in [6.07, 6.45) is 1.74. The lowest BCUT2D eigenvalue weighted by Crippen LogP contribution is -2.21. The van der Waals surface area contributed by atoms with Crippen molar-refractivity contribution in [3.63, 3.8) is 0 Å². The van der Waals surface area contributed by atoms with E-state index in [-0.39, 0.29) is 0 Å². The summed E-state index contributed by atoms with van der Waals surface area (Å²) in [5, 5.41) is 0. The van der Waals surface area contributed by atoms with Gasteiger partial charge in [0.1, 0.15) is 5.76 Å². The van der Waals surface area contributed by atoms with Crippen molar-refractivity contribution in [3.8, 4) is 0 Å². The van der Waals surface area contributed by atoms with E-state index < -0.39 is 0 Å². The second-order valence-electron chi connectivity index (χ2n) is 3.84. The molecule has 3 heteroatoms. The Kier molecular flexibility index (Phi) is 2.38. The van der Waals surface area contributed by atoms with Crippen LogP contribution in [0.15, 0.2) is 22.8 Å². The standard InChI is InChI=1S/C10H16N2O/c1-12-6-8(5-11)9(7-12)10-3-2-4-13-10/h2-4,8-9H,5-7,11H2,1H3/t8-,9+/m0/s1. The largest absolute Gasteiger partial charge is 0.469 e. The molecule has 1 fully saturated rings. The van der Waals surface area contributed by atoms with Gasteiger partial charge in [0, 0.05) is 19.0 Å². The van der Waals surface area contributed by atoms with Gasteiger partial charge in [-0.25, -0.2) is 0 Å². The third-order valence-electron chi connectivity index (χ3n) is 2.83. The van der Waals surface area contributed by atoms with Crippen LogP contribution < -0.4 is 5.73 Å². The fourth-order valence-corrected chi connectivity index (χ4v) is 2.15. The van der Waals surface area contributed by atoms with Crippen molar-refractivity contribution in [3.05, 3.63) is 24.2 Å². The minimum Gasteiger partial charge on any atom is -0.469 e. The molecular formula is C10H16N2O. The van der Waals surface area contributed by atoms with Gasteiger partial charge in [0.15, 0.2) is 0 Å². The molecule has 13 heavy (non-hydrogen) atoms. The van der Waals surface area contributed by atoms with Crippen LogP contribution >= 0.6 is 0 Å². The maximum absolute atomic E-state index is 5.72. The van der Waals surface area contributed by atoms with Crippen LogP contribution in [-0.2, 0) is 0 Å². The van der Waals surface area contributed by atoms with Gasteiger partial charge >= 0.3 is 0 Å². The Morgan fingerprint density at radius 2 is 2.46 bits per heavy atom. The third kappa shape index (κ3) is 1.62. The fourth-order valence-electron chi connectivity index (χ4n) is 2.15. The highest BCUT2D eigenvalue weighted by molar-refractivity contribution is 5.10. The van der Waals surface area contributed by atoms with Gasteiger partial charge in [0.2, 0.25) is 0 Å². The van der Waals surface area contributed by atoms with E-state index in [2.05, 4.69) is 11.9 Å². The lowest BCUT2D eigenvalue weighted by molar-refractivity contribution is 0.394. The number of nitrogens with zero attached hydrogens (tertiary/aromatic N) is 1. The van der Waals surface area contributed by atoms with Crippen molar-refractivity contribution < 1.29 is 4.42 Å². The lowest BCUT2D eigenvalue weighted by atomic mass is 9.94. The highest BCUT2D eigenvalue weighted by Crippen LogP contribution is 2.31. The molecule has 0 radical (unpaired) electrons. The number of nitrogens with two attached hydrogens (primary N) is 1. The summed E-state index contributed by atoms with van der Waals surface area (Å²) >= 11 is 0. The molecule has 2 heterocycles. The van der Waals surface area contributed by atoms with Gasteiger partial charge in [-0.2, -0.15) is 0 Å². The summed E-state index contributed by atoms with van der Waals surface area (Å²) in [5.74, 6) is 2.13. The SMILES string of the molecule is CN1C[C@H](CN)[C@H](c2ccco2)C1. The predicted molar refractivity (Wildman–Crippen MR) is 51.5 cm³/mol. The molecule has 0 aliphatic carbocycles. The van der Waals surface area contributed by atoms with E-state index >= 15 is 0 Å². The number of likely N-dealkylation sites (N-methyl/N-ethyl adjacent to an activating group) is 1. The quantitative estimate of drug-likeness (QED) is 0.734.